The van der Waals surface area contributed by atoms with E-state index in [1.54, 1.807) is 17.4 Å². The smallest absolute Gasteiger partial charge is 0.317 e. The summed E-state index contributed by atoms with van der Waals surface area (Å²) in [5.41, 5.74) is 2.37. The molecule has 2 aromatic heterocycles. The van der Waals surface area contributed by atoms with Crippen LogP contribution in [-0.2, 0) is 6.54 Å². The lowest BCUT2D eigenvalue weighted by Gasteiger charge is -2.43. The van der Waals surface area contributed by atoms with Gasteiger partial charge in [0.25, 0.3) is 5.56 Å². The first-order chi connectivity index (χ1) is 13.7. The minimum absolute atomic E-state index is 0.0881. The molecule has 2 fully saturated rings. The molecule has 2 aromatic rings. The van der Waals surface area contributed by atoms with Gasteiger partial charge in [-0.15, -0.1) is 11.3 Å². The molecule has 4 heterocycles. The maximum Gasteiger partial charge on any atom is 0.317 e. The van der Waals surface area contributed by atoms with Crippen LogP contribution in [0.25, 0.3) is 10.4 Å². The zero-order valence-electron chi connectivity index (χ0n) is 16.1. The third kappa shape index (κ3) is 3.28. The van der Waals surface area contributed by atoms with Crippen LogP contribution < -0.4 is 10.9 Å². The Kier molecular flexibility index (Phi) is 4.75. The van der Waals surface area contributed by atoms with Crippen molar-refractivity contribution in [2.24, 2.45) is 5.92 Å². The Balaban J connectivity index is 1.42. The Labute approximate surface area is 169 Å². The first kappa shape index (κ1) is 18.0. The van der Waals surface area contributed by atoms with E-state index in [4.69, 9.17) is 0 Å². The van der Waals surface area contributed by atoms with Gasteiger partial charge in [0.05, 0.1) is 0 Å². The van der Waals surface area contributed by atoms with Crippen molar-refractivity contribution >= 4 is 17.4 Å². The fourth-order valence-corrected chi connectivity index (χ4v) is 6.09. The summed E-state index contributed by atoms with van der Waals surface area (Å²) in [6, 6.07) is 8.27. The summed E-state index contributed by atoms with van der Waals surface area (Å²) in [6.07, 6.45) is 7.00. The molecule has 1 saturated heterocycles. The molecule has 1 aliphatic carbocycles. The molecule has 1 N–H and O–H groups in total. The SMILES string of the molecule is O=C(NC1CCCCC1)N1C[C@@H]2C[C@@H](C1)c1c(-c3cccs3)ccc(=O)n1C2. The number of thiophene rings is 1. The van der Waals surface area contributed by atoms with Crippen molar-refractivity contribution in [3.05, 3.63) is 45.7 Å². The Morgan fingerprint density at radius 2 is 1.93 bits per heavy atom. The number of piperidine rings is 1. The average Bonchev–Trinajstić information content (AvgIpc) is 3.24. The highest BCUT2D eigenvalue weighted by Crippen LogP contribution is 2.40. The minimum atomic E-state index is 0.0881. The number of nitrogens with zero attached hydrogens (tertiary/aromatic N) is 2. The molecule has 2 bridgehead atoms. The van der Waals surface area contributed by atoms with Gasteiger partial charge in [-0.2, -0.15) is 0 Å². The quantitative estimate of drug-likeness (QED) is 0.832. The Hall–Kier alpha value is -2.08. The Morgan fingerprint density at radius 3 is 2.71 bits per heavy atom. The van der Waals surface area contributed by atoms with Gasteiger partial charge in [0.15, 0.2) is 0 Å². The summed E-state index contributed by atoms with van der Waals surface area (Å²) in [7, 11) is 0. The highest BCUT2D eigenvalue weighted by molar-refractivity contribution is 7.13. The molecule has 148 valence electrons. The van der Waals surface area contributed by atoms with E-state index >= 15 is 0 Å². The van der Waals surface area contributed by atoms with Crippen LogP contribution in [-0.4, -0.2) is 34.6 Å². The highest BCUT2D eigenvalue weighted by atomic mass is 32.1. The van der Waals surface area contributed by atoms with Crippen LogP contribution in [0.5, 0.6) is 0 Å². The molecule has 0 aromatic carbocycles. The number of nitrogens with one attached hydrogen (secondary N) is 1. The molecule has 0 unspecified atom stereocenters. The first-order valence-corrected chi connectivity index (χ1v) is 11.4. The van der Waals surface area contributed by atoms with Gasteiger partial charge in [0.1, 0.15) is 0 Å². The fraction of sp³-hybridized carbons (Fsp3) is 0.545. The number of pyridine rings is 1. The molecule has 3 aliphatic rings. The number of carbonyl (C=O) groups is 1. The summed E-state index contributed by atoms with van der Waals surface area (Å²) in [5.74, 6) is 0.593. The van der Waals surface area contributed by atoms with Crippen LogP contribution in [0, 0.1) is 5.92 Å². The van der Waals surface area contributed by atoms with Crippen LogP contribution >= 0.6 is 11.3 Å². The molecular formula is C22H27N3O2S. The van der Waals surface area contributed by atoms with Crippen LogP contribution in [0.3, 0.4) is 0 Å². The van der Waals surface area contributed by atoms with Gasteiger partial charge in [0, 0.05) is 53.8 Å². The maximum absolute atomic E-state index is 12.9. The molecule has 0 spiro atoms. The topological polar surface area (TPSA) is 54.3 Å². The standard InChI is InChI=1S/C22H27N3O2S/c26-20-9-8-18(19-7-4-10-28-19)21-16-11-15(13-25(20)21)12-24(14-16)22(27)23-17-5-2-1-3-6-17/h4,7-10,15-17H,1-3,5-6,11-14H2,(H,23,27)/t15-,16-/m0/s1. The molecule has 5 rings (SSSR count). The van der Waals surface area contributed by atoms with E-state index in [2.05, 4.69) is 22.8 Å². The van der Waals surface area contributed by atoms with Gasteiger partial charge in [0.2, 0.25) is 0 Å². The van der Waals surface area contributed by atoms with Crippen molar-refractivity contribution in [1.29, 1.82) is 0 Å². The number of likely N-dealkylation sites (tertiary alicyclic amines) is 1. The third-order valence-corrected chi connectivity index (χ3v) is 7.50. The van der Waals surface area contributed by atoms with Crippen LogP contribution in [0.1, 0.15) is 50.1 Å². The van der Waals surface area contributed by atoms with E-state index in [1.165, 1.54) is 24.1 Å². The third-order valence-electron chi connectivity index (χ3n) is 6.60. The van der Waals surface area contributed by atoms with Crippen molar-refractivity contribution in [3.8, 4) is 10.4 Å². The van der Waals surface area contributed by atoms with Gasteiger partial charge in [-0.25, -0.2) is 4.79 Å². The number of rotatable bonds is 2. The molecule has 2 aliphatic heterocycles. The predicted molar refractivity (Wildman–Crippen MR) is 112 cm³/mol. The van der Waals surface area contributed by atoms with Gasteiger partial charge in [-0.05, 0) is 42.7 Å². The molecule has 0 radical (unpaired) electrons. The number of carbonyl (C=O) groups excluding carboxylic acids is 1. The zero-order chi connectivity index (χ0) is 19.1. The summed E-state index contributed by atoms with van der Waals surface area (Å²) in [4.78, 5) is 28.7. The lowest BCUT2D eigenvalue weighted by atomic mass is 9.81. The lowest BCUT2D eigenvalue weighted by Crippen LogP contribution is -2.53. The van der Waals surface area contributed by atoms with Gasteiger partial charge in [-0.1, -0.05) is 25.3 Å². The second-order valence-corrected chi connectivity index (χ2v) is 9.49. The van der Waals surface area contributed by atoms with Crippen molar-refractivity contribution in [1.82, 2.24) is 14.8 Å². The first-order valence-electron chi connectivity index (χ1n) is 10.5. The number of urea groups is 1. The van der Waals surface area contributed by atoms with Crippen molar-refractivity contribution < 1.29 is 4.79 Å². The van der Waals surface area contributed by atoms with E-state index in [-0.39, 0.29) is 17.5 Å². The van der Waals surface area contributed by atoms with E-state index in [9.17, 15) is 9.59 Å². The monoisotopic (exact) mass is 397 g/mol. The summed E-state index contributed by atoms with van der Waals surface area (Å²) in [6.45, 7) is 2.18. The lowest BCUT2D eigenvalue weighted by molar-refractivity contribution is 0.128. The Bertz CT molecular complexity index is 914. The van der Waals surface area contributed by atoms with E-state index in [0.717, 1.165) is 43.6 Å². The number of fused-ring (bicyclic) bond motifs is 4. The molecule has 2 atom stereocenters. The van der Waals surface area contributed by atoms with Crippen LogP contribution in [0.15, 0.2) is 34.4 Å². The zero-order valence-corrected chi connectivity index (χ0v) is 16.9. The molecule has 5 nitrogen and oxygen atoms in total. The maximum atomic E-state index is 12.9. The fourth-order valence-electron chi connectivity index (χ4n) is 5.33. The number of aromatic nitrogens is 1. The van der Waals surface area contributed by atoms with Crippen molar-refractivity contribution in [2.75, 3.05) is 13.1 Å². The van der Waals surface area contributed by atoms with Crippen molar-refractivity contribution in [2.45, 2.75) is 57.0 Å². The summed E-state index contributed by atoms with van der Waals surface area (Å²) >= 11 is 1.71. The second kappa shape index (κ2) is 7.39. The van der Waals surface area contributed by atoms with Gasteiger partial charge < -0.3 is 14.8 Å². The van der Waals surface area contributed by atoms with Gasteiger partial charge in [-0.3, -0.25) is 4.79 Å². The molecule has 6 heteroatoms. The largest absolute Gasteiger partial charge is 0.335 e. The van der Waals surface area contributed by atoms with Crippen LogP contribution in [0.4, 0.5) is 4.79 Å². The van der Waals surface area contributed by atoms with E-state index < -0.39 is 0 Å². The number of hydrogen-bond acceptors (Lipinski definition) is 3. The Morgan fingerprint density at radius 1 is 1.07 bits per heavy atom. The van der Waals surface area contributed by atoms with Crippen LogP contribution in [0.2, 0.25) is 0 Å². The highest BCUT2D eigenvalue weighted by Gasteiger charge is 2.38. The van der Waals surface area contributed by atoms with Crippen molar-refractivity contribution in [3.63, 3.8) is 0 Å². The molecule has 1 saturated carbocycles. The number of hydrogen-bond donors (Lipinski definition) is 1. The van der Waals surface area contributed by atoms with E-state index in [0.29, 0.717) is 18.5 Å². The number of amides is 2. The molecule has 2 amide bonds. The van der Waals surface area contributed by atoms with E-state index in [1.807, 2.05) is 15.5 Å². The molecule has 28 heavy (non-hydrogen) atoms. The predicted octanol–water partition coefficient (Wildman–Crippen LogP) is 4.04. The summed E-state index contributed by atoms with van der Waals surface area (Å²) in [5, 5.41) is 5.35. The second-order valence-electron chi connectivity index (χ2n) is 8.55. The minimum Gasteiger partial charge on any atom is -0.335 e. The molecular weight excluding hydrogens is 370 g/mol. The average molecular weight is 398 g/mol. The van der Waals surface area contributed by atoms with Gasteiger partial charge >= 0.3 is 6.03 Å². The summed E-state index contributed by atoms with van der Waals surface area (Å²) < 4.78 is 1.98. The normalized spacial score (nSPS) is 24.6.